The van der Waals surface area contributed by atoms with Crippen LogP contribution in [0.2, 0.25) is 0 Å². The lowest BCUT2D eigenvalue weighted by molar-refractivity contribution is 0.381. The Balaban J connectivity index is 1.42. The number of para-hydroxylation sites is 1. The van der Waals surface area contributed by atoms with Gasteiger partial charge in [0.25, 0.3) is 0 Å². The number of halogens is 5. The predicted molar refractivity (Wildman–Crippen MR) is 185 cm³/mol. The van der Waals surface area contributed by atoms with Crippen LogP contribution in [0.25, 0.3) is 82.5 Å². The van der Waals surface area contributed by atoms with Crippen LogP contribution in [0.4, 0.5) is 27.6 Å². The fraction of sp³-hybridized carbons (Fsp3) is 0. The van der Waals surface area contributed by atoms with E-state index in [1.807, 2.05) is 12.1 Å². The third kappa shape index (κ3) is 5.09. The number of nitrogens with zero attached hydrogens (tertiary/aromatic N) is 5. The van der Waals surface area contributed by atoms with E-state index in [-0.39, 0.29) is 5.56 Å². The summed E-state index contributed by atoms with van der Waals surface area (Å²) >= 11 is 0. The molecule has 0 saturated heterocycles. The second-order valence-corrected chi connectivity index (χ2v) is 11.6. The molecule has 0 fully saturated rings. The van der Waals surface area contributed by atoms with Gasteiger partial charge in [0.1, 0.15) is 0 Å². The number of pyridine rings is 1. The second kappa shape index (κ2) is 12.1. The van der Waals surface area contributed by atoms with Crippen molar-refractivity contribution >= 4 is 38.4 Å². The average molecular weight is 676 g/mol. The van der Waals surface area contributed by atoms with Gasteiger partial charge in [-0.1, -0.05) is 72.8 Å². The summed E-state index contributed by atoms with van der Waals surface area (Å²) < 4.78 is 72.0. The summed E-state index contributed by atoms with van der Waals surface area (Å²) in [5.41, 5.74) is 4.54. The van der Waals surface area contributed by atoms with Crippen molar-refractivity contribution in [3.8, 4) is 51.0 Å². The first-order valence-electron chi connectivity index (χ1n) is 15.4. The van der Waals surface area contributed by atoms with Gasteiger partial charge in [-0.2, -0.15) is 5.26 Å². The van der Waals surface area contributed by atoms with Crippen molar-refractivity contribution in [2.75, 3.05) is 0 Å². The zero-order chi connectivity index (χ0) is 35.4. The molecule has 51 heavy (non-hydrogen) atoms. The van der Waals surface area contributed by atoms with Gasteiger partial charge in [0, 0.05) is 27.3 Å². The van der Waals surface area contributed by atoms with E-state index in [4.69, 9.17) is 21.5 Å². The van der Waals surface area contributed by atoms with Crippen molar-refractivity contribution in [2.24, 2.45) is 0 Å². The summed E-state index contributed by atoms with van der Waals surface area (Å²) in [6.45, 7) is 7.35. The number of hydrogen-bond acceptors (Lipinski definition) is 4. The highest BCUT2D eigenvalue weighted by molar-refractivity contribution is 6.21. The normalized spacial score (nSPS) is 11.2. The summed E-state index contributed by atoms with van der Waals surface area (Å²) in [5, 5.41) is 11.4. The average Bonchev–Trinajstić information content (AvgIpc) is 3.18. The molecule has 2 aromatic heterocycles. The van der Waals surface area contributed by atoms with Crippen molar-refractivity contribution in [3.63, 3.8) is 0 Å². The maximum Gasteiger partial charge on any atom is 0.200 e. The van der Waals surface area contributed by atoms with Gasteiger partial charge >= 0.3 is 0 Å². The van der Waals surface area contributed by atoms with Gasteiger partial charge in [-0.05, 0) is 47.5 Å². The minimum atomic E-state index is -2.23. The molecular weight excluding hydrogens is 657 g/mol. The van der Waals surface area contributed by atoms with Crippen LogP contribution in [-0.2, 0) is 0 Å². The lowest BCUT2D eigenvalue weighted by atomic mass is 9.95. The number of hydrogen-bond donors (Lipinski definition) is 0. The van der Waals surface area contributed by atoms with Crippen molar-refractivity contribution < 1.29 is 22.0 Å². The Bertz CT molecular complexity index is 2790. The van der Waals surface area contributed by atoms with Crippen LogP contribution in [0, 0.1) is 47.0 Å². The van der Waals surface area contributed by atoms with Crippen LogP contribution in [-0.4, -0.2) is 15.0 Å². The van der Waals surface area contributed by atoms with Crippen LogP contribution in [0.3, 0.4) is 0 Å². The maximum atomic E-state index is 14.9. The first-order valence-corrected chi connectivity index (χ1v) is 15.4. The molecule has 0 spiro atoms. The molecule has 0 unspecified atom stereocenters. The highest BCUT2D eigenvalue weighted by Gasteiger charge is 2.27. The molecule has 6 aromatic carbocycles. The number of nitriles is 1. The van der Waals surface area contributed by atoms with Crippen molar-refractivity contribution in [1.82, 2.24) is 15.0 Å². The molecule has 8 aromatic rings. The third-order valence-electron chi connectivity index (χ3n) is 8.69. The van der Waals surface area contributed by atoms with Crippen molar-refractivity contribution in [2.45, 2.75) is 0 Å². The number of rotatable bonds is 4. The summed E-state index contributed by atoms with van der Waals surface area (Å²) in [6.07, 6.45) is 0. The summed E-state index contributed by atoms with van der Waals surface area (Å²) in [7, 11) is 0. The Labute approximate surface area is 286 Å². The molecule has 0 aliphatic carbocycles. The van der Waals surface area contributed by atoms with Crippen molar-refractivity contribution in [1.29, 1.82) is 5.26 Å². The van der Waals surface area contributed by atoms with Gasteiger partial charge in [0.05, 0.1) is 57.4 Å². The topological polar surface area (TPSA) is 66.8 Å². The molecule has 0 amide bonds. The fourth-order valence-corrected chi connectivity index (χ4v) is 6.25. The molecule has 8 rings (SSSR count). The minimum absolute atomic E-state index is 0.221. The largest absolute Gasteiger partial charge is 0.247 e. The Morgan fingerprint density at radius 3 is 1.82 bits per heavy atom. The molecule has 10 heteroatoms. The van der Waals surface area contributed by atoms with E-state index in [0.717, 1.165) is 10.9 Å². The molecule has 0 aliphatic rings. The van der Waals surface area contributed by atoms with Gasteiger partial charge in [-0.3, -0.25) is 0 Å². The molecule has 0 saturated carbocycles. The predicted octanol–water partition coefficient (Wildman–Crippen LogP) is 11.1. The van der Waals surface area contributed by atoms with E-state index >= 15 is 0 Å². The van der Waals surface area contributed by atoms with E-state index < -0.39 is 34.6 Å². The highest BCUT2D eigenvalue weighted by Crippen LogP contribution is 2.40. The number of benzene rings is 6. The lowest BCUT2D eigenvalue weighted by Gasteiger charge is -2.16. The second-order valence-electron chi connectivity index (χ2n) is 11.6. The Hall–Kier alpha value is -7.04. The van der Waals surface area contributed by atoms with Crippen LogP contribution in [0.1, 0.15) is 5.56 Å². The SMILES string of the molecule is [C-]#[N+]c1ccc(-c2nc3ccc4c(-c5cccc(-c6c(F)c(F)c(F)c(F)c6F)c5)nc5ccccc5c4c3nc2-c2ccc(C#N)cc2)cc1. The lowest BCUT2D eigenvalue weighted by Crippen LogP contribution is -2.04. The Morgan fingerprint density at radius 1 is 0.529 bits per heavy atom. The molecule has 0 atom stereocenters. The van der Waals surface area contributed by atoms with Gasteiger partial charge in [-0.25, -0.2) is 41.7 Å². The zero-order valence-electron chi connectivity index (χ0n) is 26.0. The van der Waals surface area contributed by atoms with Gasteiger partial charge in [0.2, 0.25) is 5.82 Å². The highest BCUT2D eigenvalue weighted by atomic mass is 19.2. The molecule has 2 heterocycles. The summed E-state index contributed by atoms with van der Waals surface area (Å²) in [4.78, 5) is 18.6. The molecule has 0 aliphatic heterocycles. The number of fused-ring (bicyclic) bond motifs is 5. The van der Waals surface area contributed by atoms with Crippen molar-refractivity contribution in [3.05, 3.63) is 155 Å². The smallest absolute Gasteiger partial charge is 0.200 e. The molecule has 0 N–H and O–H groups in total. The molecule has 242 valence electrons. The third-order valence-corrected chi connectivity index (χ3v) is 8.69. The molecule has 0 radical (unpaired) electrons. The first kappa shape index (κ1) is 31.2. The van der Waals surface area contributed by atoms with Gasteiger partial charge in [-0.15, -0.1) is 0 Å². The molecule has 5 nitrogen and oxygen atoms in total. The monoisotopic (exact) mass is 675 g/mol. The van der Waals surface area contributed by atoms with Crippen LogP contribution in [0.15, 0.2) is 109 Å². The summed E-state index contributed by atoms with van der Waals surface area (Å²) in [5.74, 6) is -10.2. The quantitative estimate of drug-likeness (QED) is 0.0612. The van der Waals surface area contributed by atoms with Crippen LogP contribution < -0.4 is 0 Å². The van der Waals surface area contributed by atoms with E-state index in [1.165, 1.54) is 18.2 Å². The first-order chi connectivity index (χ1) is 24.8. The van der Waals surface area contributed by atoms with Gasteiger partial charge in [0.15, 0.2) is 29.0 Å². The van der Waals surface area contributed by atoms with E-state index in [9.17, 15) is 27.2 Å². The Morgan fingerprint density at radius 2 is 1.14 bits per heavy atom. The minimum Gasteiger partial charge on any atom is -0.247 e. The van der Waals surface area contributed by atoms with E-state index in [1.54, 1.807) is 78.9 Å². The van der Waals surface area contributed by atoms with Crippen LogP contribution in [0.5, 0.6) is 0 Å². The molecule has 0 bridgehead atoms. The molecular formula is C41H18F5N5. The maximum absolute atomic E-state index is 14.9. The van der Waals surface area contributed by atoms with E-state index in [2.05, 4.69) is 10.9 Å². The number of aromatic nitrogens is 3. The van der Waals surface area contributed by atoms with Crippen LogP contribution >= 0.6 is 0 Å². The summed E-state index contributed by atoms with van der Waals surface area (Å²) in [6, 6.07) is 32.7. The van der Waals surface area contributed by atoms with E-state index in [0.29, 0.717) is 66.8 Å². The van der Waals surface area contributed by atoms with Gasteiger partial charge < -0.3 is 0 Å². The fourth-order valence-electron chi connectivity index (χ4n) is 6.25. The zero-order valence-corrected chi connectivity index (χ0v) is 26.0. The standard InChI is InChI=1S/C41H18F5N5/c1-48-26-15-13-23(14-16-26)39-40(22-11-9-21(20-47)10-12-22)51-41-30(50-39)18-17-28-32(41)27-7-2-3-8-29(27)49-38(28)25-6-4-5-24(19-25)31-33(42)35(44)37(46)36(45)34(31)43/h2-19H. The Kier molecular flexibility index (Phi) is 7.43.